The molecule has 4 heterocycles. The van der Waals surface area contributed by atoms with Gasteiger partial charge in [0, 0.05) is 31.7 Å². The monoisotopic (exact) mass is 350 g/mol. The van der Waals surface area contributed by atoms with E-state index in [0.717, 1.165) is 60.0 Å². The van der Waals surface area contributed by atoms with Crippen LogP contribution in [0.3, 0.4) is 0 Å². The van der Waals surface area contributed by atoms with Gasteiger partial charge in [-0.25, -0.2) is 9.97 Å². The highest BCUT2D eigenvalue weighted by Crippen LogP contribution is 2.28. The van der Waals surface area contributed by atoms with Crippen molar-refractivity contribution in [1.29, 1.82) is 0 Å². The van der Waals surface area contributed by atoms with E-state index < -0.39 is 0 Å². The molecule has 0 amide bonds. The van der Waals surface area contributed by atoms with Crippen molar-refractivity contribution < 1.29 is 0 Å². The number of nitrogens with one attached hydrogen (secondary N) is 1. The molecule has 132 valence electrons. The molecule has 1 fully saturated rings. The Hall–Kier alpha value is -3.14. The number of aromatic nitrogens is 8. The predicted molar refractivity (Wildman–Crippen MR) is 95.9 cm³/mol. The van der Waals surface area contributed by atoms with E-state index in [1.807, 2.05) is 19.1 Å². The van der Waals surface area contributed by atoms with Crippen LogP contribution in [0.5, 0.6) is 0 Å². The standard InChI is InChI=1S/C16H18N10/c1-10-7-13-12(8-11(10)14-17-9-18-20-14)19-15(16-21-22-23-26(13)16)25-5-3-24(2)4-6-25/h7-9H,3-6H2,1-2H3,(H,17,18,20). The number of hydrogen-bond donors (Lipinski definition) is 1. The van der Waals surface area contributed by atoms with Crippen LogP contribution >= 0.6 is 0 Å². The number of nitrogens with zero attached hydrogens (tertiary/aromatic N) is 9. The van der Waals surface area contributed by atoms with Gasteiger partial charge in [0.1, 0.15) is 6.33 Å². The Morgan fingerprint density at radius 2 is 1.96 bits per heavy atom. The molecule has 0 aliphatic carbocycles. The predicted octanol–water partition coefficient (Wildman–Crippen LogP) is 0.518. The zero-order valence-corrected chi connectivity index (χ0v) is 14.6. The number of H-pyrrole nitrogens is 1. The van der Waals surface area contributed by atoms with E-state index in [0.29, 0.717) is 5.65 Å². The summed E-state index contributed by atoms with van der Waals surface area (Å²) in [5.41, 5.74) is 4.42. The van der Waals surface area contributed by atoms with Crippen LogP contribution in [0.15, 0.2) is 18.5 Å². The minimum atomic E-state index is 0.689. The molecular weight excluding hydrogens is 332 g/mol. The average molecular weight is 350 g/mol. The van der Waals surface area contributed by atoms with E-state index in [1.54, 1.807) is 4.52 Å². The first-order valence-corrected chi connectivity index (χ1v) is 8.52. The Bertz CT molecular complexity index is 1080. The lowest BCUT2D eigenvalue weighted by Crippen LogP contribution is -2.45. The zero-order chi connectivity index (χ0) is 17.7. The van der Waals surface area contributed by atoms with Gasteiger partial charge in [-0.05, 0) is 42.1 Å². The third kappa shape index (κ3) is 2.30. The Kier molecular flexibility index (Phi) is 3.32. The Morgan fingerprint density at radius 1 is 1.12 bits per heavy atom. The molecule has 1 aromatic carbocycles. The lowest BCUT2D eigenvalue weighted by atomic mass is 10.1. The summed E-state index contributed by atoms with van der Waals surface area (Å²) < 4.78 is 1.77. The number of anilines is 1. The van der Waals surface area contributed by atoms with Crippen molar-refractivity contribution in [3.05, 3.63) is 24.0 Å². The van der Waals surface area contributed by atoms with Crippen LogP contribution in [0.2, 0.25) is 0 Å². The molecule has 4 aromatic rings. The van der Waals surface area contributed by atoms with E-state index >= 15 is 0 Å². The highest BCUT2D eigenvalue weighted by atomic mass is 15.5. The molecule has 0 atom stereocenters. The topological polar surface area (TPSA) is 104 Å². The van der Waals surface area contributed by atoms with Crippen LogP contribution in [0.25, 0.3) is 28.1 Å². The quantitative estimate of drug-likeness (QED) is 0.558. The fraction of sp³-hybridized carbons (Fsp3) is 0.375. The minimum Gasteiger partial charge on any atom is -0.351 e. The number of piperazine rings is 1. The molecule has 0 spiro atoms. The first kappa shape index (κ1) is 15.1. The molecule has 1 N–H and O–H groups in total. The number of likely N-dealkylation sites (N-methyl/N-ethyl adjacent to an activating group) is 1. The molecule has 26 heavy (non-hydrogen) atoms. The van der Waals surface area contributed by atoms with Crippen LogP contribution in [-0.4, -0.2) is 78.3 Å². The number of hydrogen-bond acceptors (Lipinski definition) is 8. The zero-order valence-electron chi connectivity index (χ0n) is 14.6. The van der Waals surface area contributed by atoms with Gasteiger partial charge < -0.3 is 9.80 Å². The minimum absolute atomic E-state index is 0.689. The van der Waals surface area contributed by atoms with E-state index in [2.05, 4.69) is 47.6 Å². The van der Waals surface area contributed by atoms with Gasteiger partial charge in [0.05, 0.1) is 11.0 Å². The maximum absolute atomic E-state index is 4.92. The number of tetrazole rings is 1. The fourth-order valence-corrected chi connectivity index (χ4v) is 3.41. The molecule has 0 unspecified atom stereocenters. The van der Waals surface area contributed by atoms with Gasteiger partial charge in [0.15, 0.2) is 11.6 Å². The van der Waals surface area contributed by atoms with Crippen molar-refractivity contribution in [2.45, 2.75) is 6.92 Å². The molecule has 1 saturated heterocycles. The molecule has 1 aliphatic rings. The second-order valence-corrected chi connectivity index (χ2v) is 6.63. The molecule has 10 nitrogen and oxygen atoms in total. The summed E-state index contributed by atoms with van der Waals surface area (Å²) >= 11 is 0. The Labute approximate surface area is 148 Å². The molecule has 10 heteroatoms. The van der Waals surface area contributed by atoms with Gasteiger partial charge in [0.25, 0.3) is 0 Å². The first-order valence-electron chi connectivity index (χ1n) is 8.52. The lowest BCUT2D eigenvalue weighted by Gasteiger charge is -2.33. The van der Waals surface area contributed by atoms with Crippen molar-refractivity contribution in [3.63, 3.8) is 0 Å². The fourth-order valence-electron chi connectivity index (χ4n) is 3.41. The van der Waals surface area contributed by atoms with Crippen molar-refractivity contribution >= 4 is 22.5 Å². The van der Waals surface area contributed by atoms with Gasteiger partial charge in [-0.1, -0.05) is 0 Å². The summed E-state index contributed by atoms with van der Waals surface area (Å²) in [6, 6.07) is 4.06. The number of benzene rings is 1. The number of aromatic amines is 1. The second-order valence-electron chi connectivity index (χ2n) is 6.63. The number of fused-ring (bicyclic) bond motifs is 3. The Balaban J connectivity index is 1.72. The normalized spacial score (nSPS) is 16.0. The van der Waals surface area contributed by atoms with Crippen LogP contribution in [0.4, 0.5) is 5.82 Å². The number of aryl methyl sites for hydroxylation is 1. The number of rotatable bonds is 2. The maximum Gasteiger partial charge on any atom is 0.222 e. The SMILES string of the molecule is Cc1cc2c(cc1-c1ncn[nH]1)nc(N1CCN(C)CC1)c1nnnn12. The smallest absolute Gasteiger partial charge is 0.222 e. The molecule has 0 radical (unpaired) electrons. The summed E-state index contributed by atoms with van der Waals surface area (Å²) in [5.74, 6) is 1.55. The lowest BCUT2D eigenvalue weighted by molar-refractivity contribution is 0.312. The average Bonchev–Trinajstić information content (AvgIpc) is 3.33. The van der Waals surface area contributed by atoms with Crippen molar-refractivity contribution in [2.75, 3.05) is 38.1 Å². The summed E-state index contributed by atoms with van der Waals surface area (Å²) in [6.07, 6.45) is 1.51. The van der Waals surface area contributed by atoms with Crippen LogP contribution in [0.1, 0.15) is 5.56 Å². The highest BCUT2D eigenvalue weighted by molar-refractivity contribution is 5.87. The van der Waals surface area contributed by atoms with Crippen LogP contribution in [-0.2, 0) is 0 Å². The molecule has 0 bridgehead atoms. The van der Waals surface area contributed by atoms with Crippen molar-refractivity contribution in [3.8, 4) is 11.4 Å². The van der Waals surface area contributed by atoms with Gasteiger partial charge in [-0.2, -0.15) is 9.61 Å². The van der Waals surface area contributed by atoms with Crippen molar-refractivity contribution in [2.24, 2.45) is 0 Å². The third-order valence-electron chi connectivity index (χ3n) is 4.92. The van der Waals surface area contributed by atoms with Gasteiger partial charge in [-0.15, -0.1) is 5.10 Å². The maximum atomic E-state index is 4.92. The van der Waals surface area contributed by atoms with E-state index in [1.165, 1.54) is 6.33 Å². The van der Waals surface area contributed by atoms with Gasteiger partial charge >= 0.3 is 0 Å². The summed E-state index contributed by atoms with van der Waals surface area (Å²) in [4.78, 5) is 13.7. The van der Waals surface area contributed by atoms with Gasteiger partial charge in [-0.3, -0.25) is 5.10 Å². The highest BCUT2D eigenvalue weighted by Gasteiger charge is 2.22. The van der Waals surface area contributed by atoms with Crippen molar-refractivity contribution in [1.82, 2.24) is 45.1 Å². The molecular formula is C16H18N10. The van der Waals surface area contributed by atoms with Gasteiger partial charge in [0.2, 0.25) is 5.65 Å². The van der Waals surface area contributed by atoms with E-state index in [9.17, 15) is 0 Å². The second kappa shape index (κ2) is 5.70. The summed E-state index contributed by atoms with van der Waals surface area (Å²) in [5, 5.41) is 19.2. The Morgan fingerprint density at radius 3 is 2.73 bits per heavy atom. The van der Waals surface area contributed by atoms with E-state index in [4.69, 9.17) is 4.98 Å². The summed E-state index contributed by atoms with van der Waals surface area (Å²) in [7, 11) is 2.13. The molecule has 5 rings (SSSR count). The van der Waals surface area contributed by atoms with Crippen LogP contribution in [0, 0.1) is 6.92 Å². The molecule has 0 saturated carbocycles. The molecule has 1 aliphatic heterocycles. The third-order valence-corrected chi connectivity index (χ3v) is 4.92. The van der Waals surface area contributed by atoms with E-state index in [-0.39, 0.29) is 0 Å². The molecule has 3 aromatic heterocycles. The largest absolute Gasteiger partial charge is 0.351 e. The van der Waals surface area contributed by atoms with Crippen LogP contribution < -0.4 is 4.90 Å². The summed E-state index contributed by atoms with van der Waals surface area (Å²) in [6.45, 7) is 5.81. The first-order chi connectivity index (χ1) is 12.7.